The Bertz CT molecular complexity index is 686. The fraction of sp³-hybridized carbons (Fsp3) is 0.133. The Morgan fingerprint density at radius 3 is 2.50 bits per heavy atom. The zero-order valence-electron chi connectivity index (χ0n) is 10.9. The molecule has 0 aliphatic carbocycles. The van der Waals surface area contributed by atoms with Crippen LogP contribution in [0.5, 0.6) is 0 Å². The maximum Gasteiger partial charge on any atom is 0.256 e. The third kappa shape index (κ3) is 3.17. The van der Waals surface area contributed by atoms with Gasteiger partial charge in [-0.3, -0.25) is 4.79 Å². The first-order valence-electron chi connectivity index (χ1n) is 5.92. The number of amides is 1. The molecule has 0 aliphatic heterocycles. The minimum atomic E-state index is -0.258. The second-order valence-corrected chi connectivity index (χ2v) is 6.13. The van der Waals surface area contributed by atoms with E-state index in [1.165, 1.54) is 0 Å². The van der Waals surface area contributed by atoms with Gasteiger partial charge in [-0.1, -0.05) is 35.3 Å². The number of carbonyl (C=O) groups is 1. The van der Waals surface area contributed by atoms with Gasteiger partial charge in [0.1, 0.15) is 0 Å². The summed E-state index contributed by atoms with van der Waals surface area (Å²) in [6.07, 6.45) is 0. The maximum absolute atomic E-state index is 12.3. The summed E-state index contributed by atoms with van der Waals surface area (Å²) in [6.45, 7) is 3.82. The summed E-state index contributed by atoms with van der Waals surface area (Å²) in [5, 5.41) is 3.63. The smallest absolute Gasteiger partial charge is 0.256 e. The summed E-state index contributed by atoms with van der Waals surface area (Å²) < 4.78 is 0.731. The molecule has 0 unspecified atom stereocenters. The molecule has 20 heavy (non-hydrogen) atoms. The van der Waals surface area contributed by atoms with Crippen LogP contribution in [0.25, 0.3) is 0 Å². The number of hydrogen-bond acceptors (Lipinski definition) is 1. The topological polar surface area (TPSA) is 29.1 Å². The minimum Gasteiger partial charge on any atom is -0.319 e. The van der Waals surface area contributed by atoms with Crippen LogP contribution in [0.1, 0.15) is 21.5 Å². The molecule has 1 amide bonds. The van der Waals surface area contributed by atoms with Gasteiger partial charge in [-0.05, 0) is 59.1 Å². The molecule has 2 nitrogen and oxygen atoms in total. The van der Waals surface area contributed by atoms with E-state index in [0.717, 1.165) is 15.6 Å². The lowest BCUT2D eigenvalue weighted by atomic mass is 10.1. The molecule has 0 aliphatic rings. The van der Waals surface area contributed by atoms with Crippen molar-refractivity contribution in [1.29, 1.82) is 0 Å². The highest BCUT2D eigenvalue weighted by atomic mass is 79.9. The maximum atomic E-state index is 12.3. The lowest BCUT2D eigenvalue weighted by molar-refractivity contribution is 0.102. The first kappa shape index (κ1) is 15.4. The summed E-state index contributed by atoms with van der Waals surface area (Å²) in [5.41, 5.74) is 2.89. The second-order valence-electron chi connectivity index (χ2n) is 4.49. The summed E-state index contributed by atoms with van der Waals surface area (Å²) in [5.74, 6) is -0.258. The van der Waals surface area contributed by atoms with E-state index in [-0.39, 0.29) is 5.91 Å². The Hall–Kier alpha value is -1.03. The lowest BCUT2D eigenvalue weighted by Gasteiger charge is -2.12. The molecular formula is C15H12BrCl2NO. The molecule has 2 aromatic carbocycles. The molecule has 0 saturated carbocycles. The summed E-state index contributed by atoms with van der Waals surface area (Å²) in [4.78, 5) is 12.3. The quantitative estimate of drug-likeness (QED) is 0.727. The van der Waals surface area contributed by atoms with Crippen molar-refractivity contribution in [3.8, 4) is 0 Å². The second kappa shape index (κ2) is 6.17. The zero-order chi connectivity index (χ0) is 14.9. The van der Waals surface area contributed by atoms with Crippen molar-refractivity contribution in [2.45, 2.75) is 13.8 Å². The van der Waals surface area contributed by atoms with Crippen molar-refractivity contribution < 1.29 is 4.79 Å². The van der Waals surface area contributed by atoms with E-state index in [1.807, 2.05) is 32.0 Å². The third-order valence-electron chi connectivity index (χ3n) is 2.89. The Balaban J connectivity index is 2.35. The molecule has 0 saturated heterocycles. The van der Waals surface area contributed by atoms with Crippen LogP contribution in [0.2, 0.25) is 10.0 Å². The third-order valence-corrected chi connectivity index (χ3v) is 4.35. The fourth-order valence-corrected chi connectivity index (χ4v) is 2.89. The number of rotatable bonds is 2. The number of aryl methyl sites for hydroxylation is 2. The molecule has 0 radical (unpaired) electrons. The summed E-state index contributed by atoms with van der Waals surface area (Å²) in [6, 6.07) is 9.03. The predicted molar refractivity (Wildman–Crippen MR) is 88.0 cm³/mol. The van der Waals surface area contributed by atoms with Crippen LogP contribution in [0.15, 0.2) is 34.8 Å². The van der Waals surface area contributed by atoms with Crippen molar-refractivity contribution in [3.05, 3.63) is 61.5 Å². The van der Waals surface area contributed by atoms with Crippen LogP contribution in [-0.2, 0) is 0 Å². The van der Waals surface area contributed by atoms with Crippen molar-refractivity contribution in [1.82, 2.24) is 0 Å². The molecule has 2 aromatic rings. The van der Waals surface area contributed by atoms with Gasteiger partial charge in [-0.15, -0.1) is 0 Å². The van der Waals surface area contributed by atoms with Gasteiger partial charge in [0.25, 0.3) is 5.91 Å². The molecule has 1 N–H and O–H groups in total. The van der Waals surface area contributed by atoms with Gasteiger partial charge >= 0.3 is 0 Å². The fourth-order valence-electron chi connectivity index (χ4n) is 1.76. The normalized spacial score (nSPS) is 10.4. The predicted octanol–water partition coefficient (Wildman–Crippen LogP) is 5.63. The molecule has 0 fully saturated rings. The van der Waals surface area contributed by atoms with E-state index in [2.05, 4.69) is 21.2 Å². The SMILES string of the molecule is Cc1ccc(C(=O)Nc2c(Cl)ccc(C)c2Cl)c(Br)c1. The van der Waals surface area contributed by atoms with Crippen LogP contribution in [0.4, 0.5) is 5.69 Å². The van der Waals surface area contributed by atoms with Crippen LogP contribution in [0, 0.1) is 13.8 Å². The number of hydrogen-bond donors (Lipinski definition) is 1. The summed E-state index contributed by atoms with van der Waals surface area (Å²) in [7, 11) is 0. The van der Waals surface area contributed by atoms with Gasteiger partial charge in [0, 0.05) is 4.47 Å². The standard InChI is InChI=1S/C15H12BrCl2NO/c1-8-3-5-10(11(16)7-8)15(20)19-14-12(17)6-4-9(2)13(14)18/h3-7H,1-2H3,(H,19,20). The van der Waals surface area contributed by atoms with Gasteiger partial charge in [-0.2, -0.15) is 0 Å². The molecular weight excluding hydrogens is 361 g/mol. The van der Waals surface area contributed by atoms with Crippen LogP contribution < -0.4 is 5.32 Å². The van der Waals surface area contributed by atoms with Crippen molar-refractivity contribution in [2.75, 3.05) is 5.32 Å². The summed E-state index contributed by atoms with van der Waals surface area (Å²) >= 11 is 15.7. The van der Waals surface area contributed by atoms with Crippen molar-refractivity contribution in [2.24, 2.45) is 0 Å². The molecule has 0 aromatic heterocycles. The monoisotopic (exact) mass is 371 g/mol. The van der Waals surface area contributed by atoms with Gasteiger partial charge in [0.15, 0.2) is 0 Å². The highest BCUT2D eigenvalue weighted by Gasteiger charge is 2.15. The number of anilines is 1. The van der Waals surface area contributed by atoms with E-state index in [9.17, 15) is 4.79 Å². The Morgan fingerprint density at radius 1 is 1.15 bits per heavy atom. The molecule has 2 rings (SSSR count). The molecule has 0 atom stereocenters. The van der Waals surface area contributed by atoms with E-state index in [0.29, 0.717) is 21.3 Å². The minimum absolute atomic E-state index is 0.258. The van der Waals surface area contributed by atoms with E-state index >= 15 is 0 Å². The van der Waals surface area contributed by atoms with E-state index < -0.39 is 0 Å². The average molecular weight is 373 g/mol. The van der Waals surface area contributed by atoms with Crippen LogP contribution in [0.3, 0.4) is 0 Å². The Morgan fingerprint density at radius 2 is 1.85 bits per heavy atom. The number of carbonyl (C=O) groups excluding carboxylic acids is 1. The number of benzene rings is 2. The molecule has 104 valence electrons. The highest BCUT2D eigenvalue weighted by molar-refractivity contribution is 9.10. The number of nitrogens with one attached hydrogen (secondary N) is 1. The zero-order valence-corrected chi connectivity index (χ0v) is 14.0. The molecule has 0 heterocycles. The highest BCUT2D eigenvalue weighted by Crippen LogP contribution is 2.33. The Labute approximate surface area is 136 Å². The van der Waals surface area contributed by atoms with Gasteiger partial charge in [0.2, 0.25) is 0 Å². The van der Waals surface area contributed by atoms with Gasteiger partial charge < -0.3 is 5.32 Å². The van der Waals surface area contributed by atoms with Crippen molar-refractivity contribution in [3.63, 3.8) is 0 Å². The molecule has 0 bridgehead atoms. The van der Waals surface area contributed by atoms with E-state index in [1.54, 1.807) is 12.1 Å². The Kier molecular flexibility index (Phi) is 4.74. The van der Waals surface area contributed by atoms with Crippen LogP contribution >= 0.6 is 39.1 Å². The largest absolute Gasteiger partial charge is 0.319 e. The van der Waals surface area contributed by atoms with E-state index in [4.69, 9.17) is 23.2 Å². The molecule has 5 heteroatoms. The average Bonchev–Trinajstić information content (AvgIpc) is 2.39. The number of halogens is 3. The van der Waals surface area contributed by atoms with Gasteiger partial charge in [0.05, 0.1) is 21.3 Å². The first-order valence-corrected chi connectivity index (χ1v) is 7.47. The lowest BCUT2D eigenvalue weighted by Crippen LogP contribution is -2.13. The first-order chi connectivity index (χ1) is 9.40. The van der Waals surface area contributed by atoms with Crippen molar-refractivity contribution >= 4 is 50.7 Å². The molecule has 0 spiro atoms. The van der Waals surface area contributed by atoms with Gasteiger partial charge in [-0.25, -0.2) is 0 Å². The van der Waals surface area contributed by atoms with Crippen LogP contribution in [-0.4, -0.2) is 5.91 Å².